The van der Waals surface area contributed by atoms with Gasteiger partial charge in [0.25, 0.3) is 0 Å². The van der Waals surface area contributed by atoms with Crippen molar-refractivity contribution in [1.82, 2.24) is 4.31 Å². The molecule has 1 fully saturated rings. The molecule has 0 bridgehead atoms. The highest BCUT2D eigenvalue weighted by molar-refractivity contribution is 9.10. The molecule has 1 aliphatic rings. The molecule has 6 heteroatoms. The van der Waals surface area contributed by atoms with Gasteiger partial charge in [0.05, 0.1) is 13.2 Å². The second-order valence-corrected chi connectivity index (χ2v) is 8.44. The summed E-state index contributed by atoms with van der Waals surface area (Å²) in [6, 6.07) is 7.43. The van der Waals surface area contributed by atoms with Gasteiger partial charge in [-0.05, 0) is 31.5 Å². The molecule has 1 aromatic rings. The summed E-state index contributed by atoms with van der Waals surface area (Å²) in [5.74, 6) is 0. The molecule has 0 spiro atoms. The lowest BCUT2D eigenvalue weighted by atomic mass is 10.0. The van der Waals surface area contributed by atoms with Gasteiger partial charge in [-0.3, -0.25) is 0 Å². The van der Waals surface area contributed by atoms with Gasteiger partial charge in [0.15, 0.2) is 0 Å². The quantitative estimate of drug-likeness (QED) is 0.842. The van der Waals surface area contributed by atoms with Crippen molar-refractivity contribution in [3.05, 3.63) is 34.3 Å². The Morgan fingerprint density at radius 1 is 1.16 bits per heavy atom. The lowest BCUT2D eigenvalue weighted by Crippen LogP contribution is -2.48. The maximum atomic E-state index is 12.8. The van der Waals surface area contributed by atoms with Crippen molar-refractivity contribution in [1.29, 1.82) is 0 Å². The molecule has 0 unspecified atom stereocenters. The number of rotatable bonds is 3. The SMILES string of the molecule is CC(C)(c1ccc(Br)cc1)S(=O)(=O)N1CCOCC1. The molecule has 1 aliphatic heterocycles. The fourth-order valence-electron chi connectivity index (χ4n) is 2.11. The first-order chi connectivity index (χ1) is 8.85. The minimum Gasteiger partial charge on any atom is -0.379 e. The van der Waals surface area contributed by atoms with E-state index in [9.17, 15) is 8.42 Å². The standard InChI is InChI=1S/C13H18BrNO3S/c1-13(2,11-3-5-12(14)6-4-11)19(16,17)15-7-9-18-10-8-15/h3-6H,7-10H2,1-2H3. The molecular weight excluding hydrogens is 330 g/mol. The van der Waals surface area contributed by atoms with Crippen molar-refractivity contribution >= 4 is 26.0 Å². The van der Waals surface area contributed by atoms with Gasteiger partial charge < -0.3 is 4.74 Å². The van der Waals surface area contributed by atoms with Gasteiger partial charge in [0.2, 0.25) is 10.0 Å². The van der Waals surface area contributed by atoms with Crippen LogP contribution in [0.1, 0.15) is 19.4 Å². The molecular formula is C13H18BrNO3S. The topological polar surface area (TPSA) is 46.6 Å². The van der Waals surface area contributed by atoms with Crippen molar-refractivity contribution in [2.24, 2.45) is 0 Å². The van der Waals surface area contributed by atoms with Crippen molar-refractivity contribution in [3.8, 4) is 0 Å². The molecule has 1 heterocycles. The highest BCUT2D eigenvalue weighted by atomic mass is 79.9. The number of halogens is 1. The Labute approximate surface area is 122 Å². The summed E-state index contributed by atoms with van der Waals surface area (Å²) >= 11 is 3.36. The van der Waals surface area contributed by atoms with Crippen LogP contribution in [0.25, 0.3) is 0 Å². The van der Waals surface area contributed by atoms with Crippen LogP contribution in [0.3, 0.4) is 0 Å². The first-order valence-electron chi connectivity index (χ1n) is 6.19. The maximum absolute atomic E-state index is 12.8. The summed E-state index contributed by atoms with van der Waals surface area (Å²) < 4.78 is 32.2. The van der Waals surface area contributed by atoms with Crippen LogP contribution in [-0.4, -0.2) is 39.0 Å². The van der Waals surface area contributed by atoms with Crippen molar-refractivity contribution in [3.63, 3.8) is 0 Å². The molecule has 0 N–H and O–H groups in total. The van der Waals surface area contributed by atoms with E-state index in [0.717, 1.165) is 10.0 Å². The van der Waals surface area contributed by atoms with Gasteiger partial charge in [-0.1, -0.05) is 28.1 Å². The lowest BCUT2D eigenvalue weighted by molar-refractivity contribution is 0.0720. The normalized spacial score (nSPS) is 18.5. The summed E-state index contributed by atoms with van der Waals surface area (Å²) in [4.78, 5) is 0. The monoisotopic (exact) mass is 347 g/mol. The van der Waals surface area contributed by atoms with Gasteiger partial charge in [-0.15, -0.1) is 0 Å². The van der Waals surface area contributed by atoms with E-state index in [0.29, 0.717) is 26.3 Å². The molecule has 1 aromatic carbocycles. The van der Waals surface area contributed by atoms with Gasteiger partial charge in [0.1, 0.15) is 4.75 Å². The highest BCUT2D eigenvalue weighted by Crippen LogP contribution is 2.33. The molecule has 106 valence electrons. The highest BCUT2D eigenvalue weighted by Gasteiger charge is 2.41. The van der Waals surface area contributed by atoms with Crippen molar-refractivity contribution in [2.75, 3.05) is 26.3 Å². The molecule has 19 heavy (non-hydrogen) atoms. The van der Waals surface area contributed by atoms with Crippen LogP contribution in [-0.2, 0) is 19.5 Å². The van der Waals surface area contributed by atoms with Crippen LogP contribution in [0.4, 0.5) is 0 Å². The third-order valence-corrected chi connectivity index (χ3v) is 6.59. The fourth-order valence-corrected chi connectivity index (χ4v) is 4.08. The van der Waals surface area contributed by atoms with Crippen LogP contribution in [0.2, 0.25) is 0 Å². The van der Waals surface area contributed by atoms with Crippen molar-refractivity contribution < 1.29 is 13.2 Å². The fraction of sp³-hybridized carbons (Fsp3) is 0.538. The zero-order chi connectivity index (χ0) is 14.1. The van der Waals surface area contributed by atoms with E-state index >= 15 is 0 Å². The van der Waals surface area contributed by atoms with E-state index in [-0.39, 0.29) is 0 Å². The van der Waals surface area contributed by atoms with E-state index in [1.165, 1.54) is 4.31 Å². The van der Waals surface area contributed by atoms with Gasteiger partial charge in [-0.25, -0.2) is 8.42 Å². The second-order valence-electron chi connectivity index (χ2n) is 5.03. The Morgan fingerprint density at radius 3 is 2.21 bits per heavy atom. The molecule has 0 aliphatic carbocycles. The lowest BCUT2D eigenvalue weighted by Gasteiger charge is -2.34. The predicted molar refractivity (Wildman–Crippen MR) is 78.5 cm³/mol. The molecule has 4 nitrogen and oxygen atoms in total. The third-order valence-electron chi connectivity index (χ3n) is 3.49. The average Bonchev–Trinajstić information content (AvgIpc) is 2.40. The Balaban J connectivity index is 2.34. The number of ether oxygens (including phenoxy) is 1. The molecule has 1 saturated heterocycles. The minimum atomic E-state index is -3.39. The number of morpholine rings is 1. The Morgan fingerprint density at radius 2 is 1.68 bits per heavy atom. The largest absolute Gasteiger partial charge is 0.379 e. The summed E-state index contributed by atoms with van der Waals surface area (Å²) in [7, 11) is -3.39. The van der Waals surface area contributed by atoms with E-state index < -0.39 is 14.8 Å². The van der Waals surface area contributed by atoms with Crippen molar-refractivity contribution in [2.45, 2.75) is 18.6 Å². The van der Waals surface area contributed by atoms with Crippen LogP contribution in [0, 0.1) is 0 Å². The number of benzene rings is 1. The van der Waals surface area contributed by atoms with Crippen LogP contribution in [0.5, 0.6) is 0 Å². The maximum Gasteiger partial charge on any atom is 0.223 e. The average molecular weight is 348 g/mol. The van der Waals surface area contributed by atoms with E-state index in [2.05, 4.69) is 15.9 Å². The summed E-state index contributed by atoms with van der Waals surface area (Å²) in [6.45, 7) is 5.30. The molecule has 0 saturated carbocycles. The molecule has 0 atom stereocenters. The number of nitrogens with zero attached hydrogens (tertiary/aromatic N) is 1. The Kier molecular flexibility index (Phi) is 4.35. The zero-order valence-corrected chi connectivity index (χ0v) is 13.5. The first-order valence-corrected chi connectivity index (χ1v) is 8.42. The predicted octanol–water partition coefficient (Wildman–Crippen LogP) is 2.35. The second kappa shape index (κ2) is 5.52. The van der Waals surface area contributed by atoms with E-state index in [4.69, 9.17) is 4.74 Å². The minimum absolute atomic E-state index is 0.433. The Hall–Kier alpha value is -0.430. The van der Waals surface area contributed by atoms with Gasteiger partial charge >= 0.3 is 0 Å². The summed E-state index contributed by atoms with van der Waals surface area (Å²) in [5, 5.41) is 0. The molecule has 0 aromatic heterocycles. The number of sulfonamides is 1. The third kappa shape index (κ3) is 2.86. The van der Waals surface area contributed by atoms with Crippen LogP contribution in [0.15, 0.2) is 28.7 Å². The van der Waals surface area contributed by atoms with Gasteiger partial charge in [0, 0.05) is 17.6 Å². The van der Waals surface area contributed by atoms with Gasteiger partial charge in [-0.2, -0.15) is 4.31 Å². The van der Waals surface area contributed by atoms with E-state index in [1.807, 2.05) is 24.3 Å². The summed E-state index contributed by atoms with van der Waals surface area (Å²) in [6.07, 6.45) is 0. The van der Waals surface area contributed by atoms with Crippen LogP contribution < -0.4 is 0 Å². The number of hydrogen-bond donors (Lipinski definition) is 0. The van der Waals surface area contributed by atoms with E-state index in [1.54, 1.807) is 13.8 Å². The van der Waals surface area contributed by atoms with Crippen LogP contribution >= 0.6 is 15.9 Å². The summed E-state index contributed by atoms with van der Waals surface area (Å²) in [5.41, 5.74) is 0.794. The number of hydrogen-bond acceptors (Lipinski definition) is 3. The molecule has 0 radical (unpaired) electrons. The molecule has 2 rings (SSSR count). The zero-order valence-electron chi connectivity index (χ0n) is 11.1. The Bertz CT molecular complexity index is 534. The first kappa shape index (κ1) is 15.0. The smallest absolute Gasteiger partial charge is 0.223 e. The molecule has 0 amide bonds.